The summed E-state index contributed by atoms with van der Waals surface area (Å²) in [6.07, 6.45) is 9.52. The molecule has 1 amide bonds. The minimum absolute atomic E-state index is 0. The third-order valence-electron chi connectivity index (χ3n) is 4.10. The summed E-state index contributed by atoms with van der Waals surface area (Å²) in [5, 5.41) is 6.88. The Bertz CT molecular complexity index is 619. The van der Waals surface area contributed by atoms with Gasteiger partial charge in [0.2, 0.25) is 5.91 Å². The second kappa shape index (κ2) is 9.56. The summed E-state index contributed by atoms with van der Waals surface area (Å²) in [5.74, 6) is 0.943. The second-order valence-electron chi connectivity index (χ2n) is 5.71. The lowest BCUT2D eigenvalue weighted by atomic mass is 9.83. The summed E-state index contributed by atoms with van der Waals surface area (Å²) in [6.45, 7) is 0. The van der Waals surface area contributed by atoms with Crippen molar-refractivity contribution in [3.8, 4) is 5.82 Å². The number of hydrogen-bond donors (Lipinski definition) is 2. The molecule has 0 radical (unpaired) electrons. The molecule has 2 aromatic heterocycles. The Morgan fingerprint density at radius 1 is 1.29 bits per heavy atom. The van der Waals surface area contributed by atoms with Crippen LogP contribution >= 0.6 is 24.8 Å². The van der Waals surface area contributed by atoms with E-state index in [2.05, 4.69) is 20.4 Å². The molecule has 0 saturated heterocycles. The number of pyridine rings is 1. The zero-order valence-electron chi connectivity index (χ0n) is 13.2. The van der Waals surface area contributed by atoms with Crippen molar-refractivity contribution in [2.75, 3.05) is 5.32 Å². The van der Waals surface area contributed by atoms with Crippen molar-refractivity contribution >= 4 is 36.4 Å². The third-order valence-corrected chi connectivity index (χ3v) is 4.10. The van der Waals surface area contributed by atoms with Crippen molar-refractivity contribution in [1.29, 1.82) is 0 Å². The number of carbonyl (C=O) groups excluding carboxylic acids is 1. The van der Waals surface area contributed by atoms with Gasteiger partial charge in [0.1, 0.15) is 12.7 Å². The van der Waals surface area contributed by atoms with Crippen LogP contribution in [-0.4, -0.2) is 31.7 Å². The van der Waals surface area contributed by atoms with E-state index in [1.165, 1.54) is 19.2 Å². The molecular formula is C15H22Cl2N6O. The van der Waals surface area contributed by atoms with Crippen molar-refractivity contribution < 1.29 is 4.79 Å². The summed E-state index contributed by atoms with van der Waals surface area (Å²) < 4.78 is 1.56. The van der Waals surface area contributed by atoms with Gasteiger partial charge in [-0.3, -0.25) is 4.79 Å². The van der Waals surface area contributed by atoms with Crippen LogP contribution in [-0.2, 0) is 4.79 Å². The lowest BCUT2D eigenvalue weighted by Gasteiger charge is -2.27. The fraction of sp³-hybridized carbons (Fsp3) is 0.467. The first kappa shape index (κ1) is 20.3. The van der Waals surface area contributed by atoms with Gasteiger partial charge >= 0.3 is 0 Å². The van der Waals surface area contributed by atoms with Crippen LogP contribution in [0.5, 0.6) is 0 Å². The molecule has 7 nitrogen and oxygen atoms in total. The Morgan fingerprint density at radius 3 is 2.71 bits per heavy atom. The molecule has 132 valence electrons. The molecule has 2 aromatic rings. The van der Waals surface area contributed by atoms with Crippen LogP contribution in [0.4, 0.5) is 5.69 Å². The number of amides is 1. The van der Waals surface area contributed by atoms with E-state index in [9.17, 15) is 4.79 Å². The van der Waals surface area contributed by atoms with Crippen molar-refractivity contribution in [3.63, 3.8) is 0 Å². The standard InChI is InChI=1S/C15H20N6O.2ClH/c16-13-4-2-1-3-11(13)7-15(22)20-12-5-6-14(18-8-12)21-10-17-9-19-21;;/h5-6,8-11,13H,1-4,7,16H2,(H,20,22);2*1H. The van der Waals surface area contributed by atoms with Gasteiger partial charge in [0.05, 0.1) is 11.9 Å². The zero-order valence-corrected chi connectivity index (χ0v) is 14.8. The molecule has 9 heteroatoms. The number of nitrogens with one attached hydrogen (secondary N) is 1. The zero-order chi connectivity index (χ0) is 15.4. The van der Waals surface area contributed by atoms with Gasteiger partial charge < -0.3 is 11.1 Å². The maximum absolute atomic E-state index is 12.1. The quantitative estimate of drug-likeness (QED) is 0.857. The number of hydrogen-bond acceptors (Lipinski definition) is 5. The third kappa shape index (κ3) is 5.15. The molecule has 24 heavy (non-hydrogen) atoms. The summed E-state index contributed by atoms with van der Waals surface area (Å²) in [7, 11) is 0. The highest BCUT2D eigenvalue weighted by Gasteiger charge is 2.24. The van der Waals surface area contributed by atoms with E-state index >= 15 is 0 Å². The molecule has 1 aliphatic rings. The van der Waals surface area contributed by atoms with Gasteiger partial charge in [0, 0.05) is 12.5 Å². The normalized spacial score (nSPS) is 19.7. The van der Waals surface area contributed by atoms with E-state index in [1.807, 2.05) is 6.07 Å². The van der Waals surface area contributed by atoms with Gasteiger partial charge in [-0.15, -0.1) is 24.8 Å². The SMILES string of the molecule is Cl.Cl.NC1CCCCC1CC(=O)Nc1ccc(-n2cncn2)nc1. The van der Waals surface area contributed by atoms with Crippen LogP contribution in [0.2, 0.25) is 0 Å². The minimum atomic E-state index is -0.00217. The highest BCUT2D eigenvalue weighted by Crippen LogP contribution is 2.26. The maximum atomic E-state index is 12.1. The number of nitrogens with two attached hydrogens (primary N) is 1. The molecule has 3 N–H and O–H groups in total. The van der Waals surface area contributed by atoms with Crippen LogP contribution in [0.3, 0.4) is 0 Å². The Labute approximate surface area is 153 Å². The molecule has 0 spiro atoms. The Balaban J connectivity index is 0.00000144. The first-order chi connectivity index (χ1) is 10.7. The molecule has 1 saturated carbocycles. The van der Waals surface area contributed by atoms with Crippen LogP contribution in [0.1, 0.15) is 32.1 Å². The van der Waals surface area contributed by atoms with Crippen molar-refractivity contribution in [2.45, 2.75) is 38.1 Å². The Hall–Kier alpha value is -1.70. The molecule has 1 aliphatic carbocycles. The highest BCUT2D eigenvalue weighted by molar-refractivity contribution is 5.90. The van der Waals surface area contributed by atoms with Crippen LogP contribution in [0.25, 0.3) is 5.82 Å². The predicted molar refractivity (Wildman–Crippen MR) is 96.8 cm³/mol. The van der Waals surface area contributed by atoms with Gasteiger partial charge in [0.15, 0.2) is 5.82 Å². The second-order valence-corrected chi connectivity index (χ2v) is 5.71. The first-order valence-electron chi connectivity index (χ1n) is 7.59. The largest absolute Gasteiger partial charge is 0.327 e. The van der Waals surface area contributed by atoms with Gasteiger partial charge in [-0.1, -0.05) is 12.8 Å². The molecule has 0 aliphatic heterocycles. The lowest BCUT2D eigenvalue weighted by Crippen LogP contribution is -2.35. The molecule has 2 unspecified atom stereocenters. The molecule has 0 bridgehead atoms. The predicted octanol–water partition coefficient (Wildman–Crippen LogP) is 2.35. The lowest BCUT2D eigenvalue weighted by molar-refractivity contribution is -0.117. The number of anilines is 1. The van der Waals surface area contributed by atoms with Crippen molar-refractivity contribution in [2.24, 2.45) is 11.7 Å². The number of nitrogens with zero attached hydrogens (tertiary/aromatic N) is 4. The van der Waals surface area contributed by atoms with Gasteiger partial charge in [0.25, 0.3) is 0 Å². The van der Waals surface area contributed by atoms with Crippen LogP contribution < -0.4 is 11.1 Å². The monoisotopic (exact) mass is 372 g/mol. The fourth-order valence-corrected chi connectivity index (χ4v) is 2.86. The summed E-state index contributed by atoms with van der Waals surface area (Å²) in [6, 6.07) is 3.74. The molecule has 1 fully saturated rings. The summed E-state index contributed by atoms with van der Waals surface area (Å²) in [5.41, 5.74) is 6.77. The molecule has 3 rings (SSSR count). The van der Waals surface area contributed by atoms with Crippen molar-refractivity contribution in [3.05, 3.63) is 31.0 Å². The van der Waals surface area contributed by atoms with E-state index < -0.39 is 0 Å². The smallest absolute Gasteiger partial charge is 0.224 e. The topological polar surface area (TPSA) is 98.7 Å². The highest BCUT2D eigenvalue weighted by atomic mass is 35.5. The molecule has 0 aromatic carbocycles. The molecule has 2 heterocycles. The van der Waals surface area contributed by atoms with E-state index in [-0.39, 0.29) is 42.7 Å². The number of carbonyl (C=O) groups is 1. The summed E-state index contributed by atoms with van der Waals surface area (Å²) >= 11 is 0. The fourth-order valence-electron chi connectivity index (χ4n) is 2.86. The van der Waals surface area contributed by atoms with Crippen LogP contribution in [0, 0.1) is 5.92 Å². The average Bonchev–Trinajstić information content (AvgIpc) is 3.05. The van der Waals surface area contributed by atoms with Gasteiger partial charge in [-0.25, -0.2) is 14.6 Å². The Morgan fingerprint density at radius 2 is 2.08 bits per heavy atom. The van der Waals surface area contributed by atoms with E-state index in [1.54, 1.807) is 23.3 Å². The summed E-state index contributed by atoms with van der Waals surface area (Å²) in [4.78, 5) is 20.2. The molecule has 2 atom stereocenters. The maximum Gasteiger partial charge on any atom is 0.224 e. The average molecular weight is 373 g/mol. The first-order valence-corrected chi connectivity index (χ1v) is 7.59. The minimum Gasteiger partial charge on any atom is -0.327 e. The van der Waals surface area contributed by atoms with E-state index in [0.717, 1.165) is 12.8 Å². The number of halogens is 2. The van der Waals surface area contributed by atoms with Crippen LogP contribution in [0.15, 0.2) is 31.0 Å². The molecular weight excluding hydrogens is 351 g/mol. The van der Waals surface area contributed by atoms with Gasteiger partial charge in [-0.2, -0.15) is 5.10 Å². The number of rotatable bonds is 4. The van der Waals surface area contributed by atoms with E-state index in [4.69, 9.17) is 5.73 Å². The van der Waals surface area contributed by atoms with Gasteiger partial charge in [-0.05, 0) is 30.9 Å². The Kier molecular flexibility index (Phi) is 8.10. The van der Waals surface area contributed by atoms with E-state index in [0.29, 0.717) is 17.9 Å². The van der Waals surface area contributed by atoms with Crippen molar-refractivity contribution in [1.82, 2.24) is 19.7 Å². The number of aromatic nitrogens is 4.